The first-order valence-electron chi connectivity index (χ1n) is 9.25. The molecule has 144 valence electrons. The highest BCUT2D eigenvalue weighted by atomic mass is 16.1. The van der Waals surface area contributed by atoms with Crippen LogP contribution in [0.2, 0.25) is 0 Å². The van der Waals surface area contributed by atoms with Gasteiger partial charge in [0.05, 0.1) is 5.69 Å². The van der Waals surface area contributed by atoms with Gasteiger partial charge in [0.15, 0.2) is 0 Å². The first kappa shape index (κ1) is 18.4. The lowest BCUT2D eigenvalue weighted by Gasteiger charge is -2.10. The van der Waals surface area contributed by atoms with Gasteiger partial charge < -0.3 is 10.6 Å². The zero-order valence-corrected chi connectivity index (χ0v) is 15.7. The Morgan fingerprint density at radius 2 is 1.62 bits per heavy atom. The molecule has 0 bridgehead atoms. The summed E-state index contributed by atoms with van der Waals surface area (Å²) in [5.41, 5.74) is 3.47. The fraction of sp³-hybridized carbons (Fsp3) is 0.0909. The quantitative estimate of drug-likeness (QED) is 0.452. The van der Waals surface area contributed by atoms with Crippen LogP contribution >= 0.6 is 0 Å². The minimum absolute atomic E-state index is 0.206. The van der Waals surface area contributed by atoms with E-state index in [0.717, 1.165) is 22.5 Å². The number of H-pyrrole nitrogens is 1. The number of rotatable bonds is 7. The van der Waals surface area contributed by atoms with Crippen LogP contribution in [-0.4, -0.2) is 19.9 Å². The molecule has 7 heteroatoms. The normalized spacial score (nSPS) is 10.5. The van der Waals surface area contributed by atoms with E-state index in [-0.39, 0.29) is 5.56 Å². The molecule has 3 heterocycles. The lowest BCUT2D eigenvalue weighted by molar-refractivity contribution is 1.03. The third kappa shape index (κ3) is 5.04. The third-order valence-corrected chi connectivity index (χ3v) is 4.31. The summed E-state index contributed by atoms with van der Waals surface area (Å²) in [5, 5.41) is 6.50. The van der Waals surface area contributed by atoms with Crippen LogP contribution in [0.5, 0.6) is 0 Å². The number of hydrogen-bond acceptors (Lipinski definition) is 6. The van der Waals surface area contributed by atoms with Gasteiger partial charge in [0.1, 0.15) is 5.82 Å². The Morgan fingerprint density at radius 1 is 0.828 bits per heavy atom. The van der Waals surface area contributed by atoms with Crippen molar-refractivity contribution < 1.29 is 0 Å². The number of nitrogens with zero attached hydrogens (tertiary/aromatic N) is 3. The summed E-state index contributed by atoms with van der Waals surface area (Å²) >= 11 is 0. The van der Waals surface area contributed by atoms with E-state index >= 15 is 0 Å². The van der Waals surface area contributed by atoms with Crippen LogP contribution in [0.25, 0.3) is 11.3 Å². The van der Waals surface area contributed by atoms with Gasteiger partial charge in [0.25, 0.3) is 5.56 Å². The van der Waals surface area contributed by atoms with Crippen molar-refractivity contribution in [2.24, 2.45) is 0 Å². The van der Waals surface area contributed by atoms with E-state index in [1.807, 2.05) is 42.5 Å². The zero-order chi connectivity index (χ0) is 19.9. The minimum atomic E-state index is -0.206. The largest absolute Gasteiger partial charge is 0.366 e. The van der Waals surface area contributed by atoms with E-state index in [1.54, 1.807) is 18.6 Å². The zero-order valence-electron chi connectivity index (χ0n) is 15.7. The summed E-state index contributed by atoms with van der Waals surface area (Å²) in [6, 6.07) is 19.1. The molecule has 3 aromatic heterocycles. The fourth-order valence-electron chi connectivity index (χ4n) is 2.91. The van der Waals surface area contributed by atoms with Gasteiger partial charge in [-0.05, 0) is 35.4 Å². The Bertz CT molecular complexity index is 1130. The van der Waals surface area contributed by atoms with Crippen molar-refractivity contribution in [2.75, 3.05) is 10.6 Å². The van der Waals surface area contributed by atoms with Gasteiger partial charge in [0.2, 0.25) is 5.95 Å². The first-order valence-corrected chi connectivity index (χ1v) is 9.25. The molecule has 0 aliphatic rings. The van der Waals surface area contributed by atoms with Crippen LogP contribution in [0.3, 0.4) is 0 Å². The van der Waals surface area contributed by atoms with E-state index in [1.165, 1.54) is 6.07 Å². The molecule has 3 N–H and O–H groups in total. The molecule has 0 aliphatic heterocycles. The Labute approximate surface area is 167 Å². The van der Waals surface area contributed by atoms with Crippen molar-refractivity contribution in [1.29, 1.82) is 0 Å². The van der Waals surface area contributed by atoms with Crippen LogP contribution in [0.1, 0.15) is 11.1 Å². The van der Waals surface area contributed by atoms with Crippen molar-refractivity contribution in [3.05, 3.63) is 101 Å². The van der Waals surface area contributed by atoms with Gasteiger partial charge in [-0.15, -0.1) is 0 Å². The number of aromatic amines is 1. The third-order valence-electron chi connectivity index (χ3n) is 4.31. The lowest BCUT2D eigenvalue weighted by atomic mass is 10.1. The van der Waals surface area contributed by atoms with Crippen molar-refractivity contribution in [3.63, 3.8) is 0 Å². The Balaban J connectivity index is 1.43. The highest BCUT2D eigenvalue weighted by molar-refractivity contribution is 5.59. The second-order valence-electron chi connectivity index (χ2n) is 6.46. The minimum Gasteiger partial charge on any atom is -0.366 e. The van der Waals surface area contributed by atoms with Crippen molar-refractivity contribution >= 4 is 11.8 Å². The van der Waals surface area contributed by atoms with Gasteiger partial charge in [0, 0.05) is 43.3 Å². The number of nitrogens with one attached hydrogen (secondary N) is 3. The number of anilines is 2. The predicted octanol–water partition coefficient (Wildman–Crippen LogP) is 3.45. The smallest absolute Gasteiger partial charge is 0.252 e. The first-order chi connectivity index (χ1) is 14.3. The van der Waals surface area contributed by atoms with E-state index in [4.69, 9.17) is 0 Å². The highest BCUT2D eigenvalue weighted by Crippen LogP contribution is 2.15. The van der Waals surface area contributed by atoms with E-state index in [0.29, 0.717) is 24.7 Å². The standard InChI is InChI=1S/C22H20N6O/c29-21-13-19(18-7-10-23-11-8-18)27-22(28-21)26-15-17-5-3-4-16(12-17)14-25-20-6-1-2-9-24-20/h1-13H,14-15H2,(H,24,25)(H2,26,27,28,29). The molecule has 0 radical (unpaired) electrons. The van der Waals surface area contributed by atoms with Gasteiger partial charge in [-0.2, -0.15) is 0 Å². The number of benzene rings is 1. The van der Waals surface area contributed by atoms with Crippen LogP contribution in [0.4, 0.5) is 11.8 Å². The average molecular weight is 384 g/mol. The molecule has 0 fully saturated rings. The molecule has 7 nitrogen and oxygen atoms in total. The summed E-state index contributed by atoms with van der Waals surface area (Å²) in [6.07, 6.45) is 5.11. The van der Waals surface area contributed by atoms with Gasteiger partial charge in [-0.1, -0.05) is 30.3 Å². The van der Waals surface area contributed by atoms with Gasteiger partial charge in [-0.3, -0.25) is 14.8 Å². The molecular formula is C22H20N6O. The summed E-state index contributed by atoms with van der Waals surface area (Å²) in [5.74, 6) is 1.27. The van der Waals surface area contributed by atoms with Gasteiger partial charge in [-0.25, -0.2) is 9.97 Å². The maximum absolute atomic E-state index is 12.0. The predicted molar refractivity (Wildman–Crippen MR) is 113 cm³/mol. The van der Waals surface area contributed by atoms with E-state index in [9.17, 15) is 4.79 Å². The summed E-state index contributed by atoms with van der Waals surface area (Å²) in [4.78, 5) is 27.5. The van der Waals surface area contributed by atoms with E-state index < -0.39 is 0 Å². The Morgan fingerprint density at radius 3 is 2.38 bits per heavy atom. The number of pyridine rings is 2. The summed E-state index contributed by atoms with van der Waals surface area (Å²) < 4.78 is 0. The maximum Gasteiger partial charge on any atom is 0.252 e. The van der Waals surface area contributed by atoms with Gasteiger partial charge >= 0.3 is 0 Å². The highest BCUT2D eigenvalue weighted by Gasteiger charge is 2.04. The molecule has 0 saturated carbocycles. The monoisotopic (exact) mass is 384 g/mol. The maximum atomic E-state index is 12.0. The van der Waals surface area contributed by atoms with Crippen molar-refractivity contribution in [1.82, 2.24) is 19.9 Å². The van der Waals surface area contributed by atoms with Crippen LogP contribution in [0, 0.1) is 0 Å². The van der Waals surface area contributed by atoms with Crippen LogP contribution in [0.15, 0.2) is 84.0 Å². The molecule has 0 unspecified atom stereocenters. The van der Waals surface area contributed by atoms with E-state index in [2.05, 4.69) is 42.7 Å². The fourth-order valence-corrected chi connectivity index (χ4v) is 2.91. The molecule has 0 atom stereocenters. The Kier molecular flexibility index (Phi) is 5.57. The molecule has 4 aromatic rings. The summed E-state index contributed by atoms with van der Waals surface area (Å²) in [7, 11) is 0. The molecular weight excluding hydrogens is 364 g/mol. The van der Waals surface area contributed by atoms with Crippen LogP contribution < -0.4 is 16.2 Å². The number of aromatic nitrogens is 4. The number of hydrogen-bond donors (Lipinski definition) is 3. The summed E-state index contributed by atoms with van der Waals surface area (Å²) in [6.45, 7) is 1.22. The molecule has 0 saturated heterocycles. The topological polar surface area (TPSA) is 95.6 Å². The second kappa shape index (κ2) is 8.79. The van der Waals surface area contributed by atoms with Crippen molar-refractivity contribution in [3.8, 4) is 11.3 Å². The molecule has 0 amide bonds. The SMILES string of the molecule is O=c1cc(-c2ccncc2)nc(NCc2cccc(CNc3ccccn3)c2)[nH]1. The molecule has 0 aliphatic carbocycles. The van der Waals surface area contributed by atoms with Crippen molar-refractivity contribution in [2.45, 2.75) is 13.1 Å². The second-order valence-corrected chi connectivity index (χ2v) is 6.46. The average Bonchev–Trinajstić information content (AvgIpc) is 2.78. The molecule has 1 aromatic carbocycles. The van der Waals surface area contributed by atoms with Crippen LogP contribution in [-0.2, 0) is 13.1 Å². The molecule has 29 heavy (non-hydrogen) atoms. The molecule has 0 spiro atoms. The Hall–Kier alpha value is -4.00. The molecule has 4 rings (SSSR count). The lowest BCUT2D eigenvalue weighted by Crippen LogP contribution is -2.13.